The van der Waals surface area contributed by atoms with Crippen molar-refractivity contribution in [2.75, 3.05) is 7.11 Å². The highest BCUT2D eigenvalue weighted by molar-refractivity contribution is 7.80. The molecule has 0 bridgehead atoms. The third-order valence-electron chi connectivity index (χ3n) is 3.86. The van der Waals surface area contributed by atoms with Crippen LogP contribution >= 0.6 is 12.2 Å². The molecule has 0 aliphatic rings. The van der Waals surface area contributed by atoms with Crippen molar-refractivity contribution in [2.45, 2.75) is 13.1 Å². The van der Waals surface area contributed by atoms with Crippen LogP contribution in [-0.4, -0.2) is 22.1 Å². The topological polar surface area (TPSA) is 51.4 Å². The van der Waals surface area contributed by atoms with Crippen LogP contribution in [0.1, 0.15) is 11.1 Å². The number of aromatic nitrogens is 1. The zero-order valence-electron chi connectivity index (χ0n) is 13.5. The number of fused-ring (bicyclic) bond motifs is 1. The number of hydrogen-bond acceptors (Lipinski definition) is 3. The maximum Gasteiger partial charge on any atom is 0.166 e. The molecule has 0 radical (unpaired) electrons. The first-order chi connectivity index (χ1) is 11.7. The average Bonchev–Trinajstić information content (AvgIpc) is 2.61. The van der Waals surface area contributed by atoms with Crippen molar-refractivity contribution in [3.63, 3.8) is 0 Å². The van der Waals surface area contributed by atoms with Crippen molar-refractivity contribution in [3.8, 4) is 5.75 Å². The maximum atomic E-state index is 5.93. The van der Waals surface area contributed by atoms with Gasteiger partial charge >= 0.3 is 0 Å². The third-order valence-corrected chi connectivity index (χ3v) is 4.12. The van der Waals surface area contributed by atoms with Gasteiger partial charge in [0.15, 0.2) is 5.11 Å². The second-order valence-corrected chi connectivity index (χ2v) is 5.99. The zero-order valence-corrected chi connectivity index (χ0v) is 14.3. The fourth-order valence-corrected chi connectivity index (χ4v) is 2.78. The van der Waals surface area contributed by atoms with Crippen LogP contribution in [0.3, 0.4) is 0 Å². The minimum Gasteiger partial charge on any atom is -0.497 e. The van der Waals surface area contributed by atoms with E-state index in [2.05, 4.69) is 23.2 Å². The quantitative estimate of drug-likeness (QED) is 0.722. The lowest BCUT2D eigenvalue weighted by atomic mass is 10.1. The molecule has 2 N–H and O–H groups in total. The minimum atomic E-state index is 0.379. The van der Waals surface area contributed by atoms with Gasteiger partial charge in [0.1, 0.15) is 5.75 Å². The van der Waals surface area contributed by atoms with E-state index in [1.54, 1.807) is 13.3 Å². The largest absolute Gasteiger partial charge is 0.497 e. The van der Waals surface area contributed by atoms with E-state index in [4.69, 9.17) is 22.7 Å². The van der Waals surface area contributed by atoms with Gasteiger partial charge in [-0.05, 0) is 53.7 Å². The molecule has 0 aliphatic carbocycles. The molecule has 122 valence electrons. The van der Waals surface area contributed by atoms with Crippen molar-refractivity contribution in [2.24, 2.45) is 5.73 Å². The Morgan fingerprint density at radius 1 is 1.08 bits per heavy atom. The molecule has 0 unspecified atom stereocenters. The van der Waals surface area contributed by atoms with Gasteiger partial charge in [-0.1, -0.05) is 24.3 Å². The highest BCUT2D eigenvalue weighted by Crippen LogP contribution is 2.18. The predicted molar refractivity (Wildman–Crippen MR) is 101 cm³/mol. The van der Waals surface area contributed by atoms with Gasteiger partial charge < -0.3 is 15.4 Å². The molecule has 0 amide bonds. The van der Waals surface area contributed by atoms with Gasteiger partial charge in [0.2, 0.25) is 0 Å². The number of ether oxygens (including phenoxy) is 1. The van der Waals surface area contributed by atoms with Gasteiger partial charge in [0, 0.05) is 24.7 Å². The van der Waals surface area contributed by atoms with Gasteiger partial charge in [-0.2, -0.15) is 0 Å². The van der Waals surface area contributed by atoms with E-state index in [0.717, 1.165) is 27.8 Å². The smallest absolute Gasteiger partial charge is 0.166 e. The van der Waals surface area contributed by atoms with Crippen molar-refractivity contribution in [1.29, 1.82) is 0 Å². The number of benzene rings is 2. The lowest BCUT2D eigenvalue weighted by Crippen LogP contribution is -2.34. The van der Waals surface area contributed by atoms with Crippen molar-refractivity contribution >= 4 is 28.2 Å². The molecule has 0 atom stereocenters. The van der Waals surface area contributed by atoms with Crippen molar-refractivity contribution in [1.82, 2.24) is 9.88 Å². The number of hydrogen-bond donors (Lipinski definition) is 1. The van der Waals surface area contributed by atoms with Crippen molar-refractivity contribution in [3.05, 3.63) is 71.9 Å². The molecule has 0 fully saturated rings. The molecule has 3 rings (SSSR count). The highest BCUT2D eigenvalue weighted by atomic mass is 32.1. The number of methoxy groups -OCH3 is 1. The van der Waals surface area contributed by atoms with E-state index in [9.17, 15) is 0 Å². The molecule has 0 aliphatic heterocycles. The zero-order chi connectivity index (χ0) is 16.9. The Labute approximate surface area is 146 Å². The van der Waals surface area contributed by atoms with Crippen LogP contribution < -0.4 is 10.5 Å². The van der Waals surface area contributed by atoms with Crippen LogP contribution in [-0.2, 0) is 13.1 Å². The van der Waals surface area contributed by atoms with Gasteiger partial charge in [0.25, 0.3) is 0 Å². The number of thiocarbonyl (C=S) groups is 1. The fraction of sp³-hybridized carbons (Fsp3) is 0.158. The lowest BCUT2D eigenvalue weighted by Gasteiger charge is -2.23. The molecule has 2 aromatic carbocycles. The van der Waals surface area contributed by atoms with E-state index < -0.39 is 0 Å². The Bertz CT molecular complexity index is 866. The predicted octanol–water partition coefficient (Wildman–Crippen LogP) is 3.49. The van der Waals surface area contributed by atoms with Gasteiger partial charge in [-0.15, -0.1) is 0 Å². The molecule has 24 heavy (non-hydrogen) atoms. The Kier molecular flexibility index (Phi) is 4.91. The van der Waals surface area contributed by atoms with Crippen LogP contribution in [0.4, 0.5) is 0 Å². The number of nitrogens with zero attached hydrogens (tertiary/aromatic N) is 2. The first kappa shape index (κ1) is 16.2. The van der Waals surface area contributed by atoms with Crippen LogP contribution in [0.5, 0.6) is 5.75 Å². The Morgan fingerprint density at radius 2 is 1.88 bits per heavy atom. The summed E-state index contributed by atoms with van der Waals surface area (Å²) >= 11 is 5.23. The molecule has 4 nitrogen and oxygen atoms in total. The summed E-state index contributed by atoms with van der Waals surface area (Å²) in [6.07, 6.45) is 1.80. The fourth-order valence-electron chi connectivity index (χ4n) is 2.65. The molecule has 3 aromatic rings. The molecule has 0 saturated heterocycles. The van der Waals surface area contributed by atoms with E-state index in [1.165, 1.54) is 0 Å². The Hall–Kier alpha value is -2.66. The Morgan fingerprint density at radius 3 is 2.62 bits per heavy atom. The lowest BCUT2D eigenvalue weighted by molar-refractivity contribution is 0.400. The first-order valence-corrected chi connectivity index (χ1v) is 8.07. The third kappa shape index (κ3) is 3.81. The highest BCUT2D eigenvalue weighted by Gasteiger charge is 2.10. The maximum absolute atomic E-state index is 5.93. The SMILES string of the molecule is COc1cccc(CN(Cc2ccc3ncccc3c2)C(N)=S)c1. The molecule has 1 aromatic heterocycles. The summed E-state index contributed by atoms with van der Waals surface area (Å²) in [5.41, 5.74) is 9.16. The van der Waals surface area contributed by atoms with E-state index >= 15 is 0 Å². The summed E-state index contributed by atoms with van der Waals surface area (Å²) < 4.78 is 5.27. The molecular formula is C19H19N3OS. The summed E-state index contributed by atoms with van der Waals surface area (Å²) in [5, 5.41) is 1.49. The van der Waals surface area contributed by atoms with Crippen LogP contribution in [0.15, 0.2) is 60.8 Å². The normalized spacial score (nSPS) is 10.5. The molecule has 5 heteroatoms. The molecule has 0 spiro atoms. The first-order valence-electron chi connectivity index (χ1n) is 7.66. The Balaban J connectivity index is 1.81. The second-order valence-electron chi connectivity index (χ2n) is 5.58. The van der Waals surface area contributed by atoms with Crippen molar-refractivity contribution < 1.29 is 4.74 Å². The van der Waals surface area contributed by atoms with E-state index in [0.29, 0.717) is 18.2 Å². The minimum absolute atomic E-state index is 0.379. The summed E-state index contributed by atoms with van der Waals surface area (Å²) in [4.78, 5) is 6.32. The van der Waals surface area contributed by atoms with Gasteiger partial charge in [-0.3, -0.25) is 4.98 Å². The molecule has 0 saturated carbocycles. The summed E-state index contributed by atoms with van der Waals surface area (Å²) in [7, 11) is 1.66. The van der Waals surface area contributed by atoms with E-state index in [-0.39, 0.29) is 0 Å². The average molecular weight is 337 g/mol. The standard InChI is InChI=1S/C19H19N3OS/c1-23-17-6-2-4-14(11-17)12-22(19(20)24)13-15-7-8-18-16(10-15)5-3-9-21-18/h2-11H,12-13H2,1H3,(H2,20,24). The summed E-state index contributed by atoms with van der Waals surface area (Å²) in [6.45, 7) is 1.29. The van der Waals surface area contributed by atoms with E-state index in [1.807, 2.05) is 41.3 Å². The van der Waals surface area contributed by atoms with Gasteiger partial charge in [0.05, 0.1) is 12.6 Å². The molecule has 1 heterocycles. The van der Waals surface area contributed by atoms with Crippen LogP contribution in [0.25, 0.3) is 10.9 Å². The summed E-state index contributed by atoms with van der Waals surface area (Å²) in [6, 6.07) is 18.1. The number of nitrogens with two attached hydrogens (primary N) is 1. The molecular weight excluding hydrogens is 318 g/mol. The van der Waals surface area contributed by atoms with Gasteiger partial charge in [-0.25, -0.2) is 0 Å². The monoisotopic (exact) mass is 337 g/mol. The van der Waals surface area contributed by atoms with Crippen LogP contribution in [0, 0.1) is 0 Å². The number of rotatable bonds is 5. The van der Waals surface area contributed by atoms with Crippen LogP contribution in [0.2, 0.25) is 0 Å². The number of pyridine rings is 1. The summed E-state index contributed by atoms with van der Waals surface area (Å²) in [5.74, 6) is 0.826. The second kappa shape index (κ2) is 7.27.